The third-order valence-electron chi connectivity index (χ3n) is 4.70. The van der Waals surface area contributed by atoms with Crippen molar-refractivity contribution >= 4 is 5.82 Å². The molecule has 2 aromatic rings. The summed E-state index contributed by atoms with van der Waals surface area (Å²) in [4.78, 5) is 33.0. The van der Waals surface area contributed by atoms with E-state index < -0.39 is 11.2 Å². The Morgan fingerprint density at radius 1 is 1.12 bits per heavy atom. The van der Waals surface area contributed by atoms with Crippen LogP contribution < -0.4 is 16.1 Å². The number of rotatable bonds is 3. The lowest BCUT2D eigenvalue weighted by molar-refractivity contribution is 0.240. The first kappa shape index (κ1) is 17.0. The normalized spacial score (nSPS) is 15.4. The highest BCUT2D eigenvalue weighted by Gasteiger charge is 2.25. The maximum Gasteiger partial charge on any atom is 0.332 e. The maximum atomic E-state index is 12.2. The van der Waals surface area contributed by atoms with E-state index in [9.17, 15) is 14.9 Å². The van der Waals surface area contributed by atoms with Crippen molar-refractivity contribution in [3.8, 4) is 6.07 Å². The first-order valence-electron chi connectivity index (χ1n) is 8.07. The molecule has 0 spiro atoms. The molecule has 1 aliphatic heterocycles. The van der Waals surface area contributed by atoms with Gasteiger partial charge in [0.25, 0.3) is 5.56 Å². The van der Waals surface area contributed by atoms with E-state index in [1.807, 2.05) is 28.8 Å². The minimum atomic E-state index is -0.545. The summed E-state index contributed by atoms with van der Waals surface area (Å²) in [5.41, 5.74) is -0.951. The van der Waals surface area contributed by atoms with E-state index >= 15 is 0 Å². The number of anilines is 1. The highest BCUT2D eigenvalue weighted by atomic mass is 16.2. The van der Waals surface area contributed by atoms with Crippen LogP contribution in [-0.4, -0.2) is 49.8 Å². The number of hydrogen-bond acceptors (Lipinski definition) is 6. The summed E-state index contributed by atoms with van der Waals surface area (Å²) in [6.07, 6.45) is 3.70. The Bertz CT molecular complexity index is 939. The Labute approximate surface area is 145 Å². The van der Waals surface area contributed by atoms with Crippen LogP contribution in [0.4, 0.5) is 5.82 Å². The molecule has 1 saturated heterocycles. The number of aromatic nitrogens is 4. The number of piperazine rings is 1. The van der Waals surface area contributed by atoms with Crippen LogP contribution in [0.3, 0.4) is 0 Å². The van der Waals surface area contributed by atoms with Gasteiger partial charge in [-0.3, -0.25) is 18.8 Å². The maximum absolute atomic E-state index is 12.2. The topological polar surface area (TPSA) is 92.1 Å². The van der Waals surface area contributed by atoms with Crippen molar-refractivity contribution < 1.29 is 0 Å². The molecule has 1 aliphatic rings. The zero-order valence-corrected chi connectivity index (χ0v) is 14.6. The van der Waals surface area contributed by atoms with E-state index in [1.54, 1.807) is 13.2 Å². The average molecular weight is 343 g/mol. The van der Waals surface area contributed by atoms with Gasteiger partial charge in [0.2, 0.25) is 0 Å². The van der Waals surface area contributed by atoms with E-state index in [2.05, 4.69) is 9.88 Å². The molecule has 1 fully saturated rings. The number of nitriles is 1. The number of imidazole rings is 1. The van der Waals surface area contributed by atoms with E-state index in [4.69, 9.17) is 0 Å². The van der Waals surface area contributed by atoms with Crippen molar-refractivity contribution in [2.45, 2.75) is 6.54 Å². The second kappa shape index (κ2) is 6.57. The molecule has 0 amide bonds. The highest BCUT2D eigenvalue weighted by molar-refractivity contribution is 5.53. The Morgan fingerprint density at radius 2 is 1.80 bits per heavy atom. The van der Waals surface area contributed by atoms with Crippen LogP contribution in [-0.2, 0) is 27.7 Å². The Morgan fingerprint density at radius 3 is 2.36 bits per heavy atom. The van der Waals surface area contributed by atoms with Crippen LogP contribution in [0.5, 0.6) is 0 Å². The molecule has 132 valence electrons. The first-order chi connectivity index (χ1) is 11.9. The summed E-state index contributed by atoms with van der Waals surface area (Å²) >= 11 is 0. The monoisotopic (exact) mass is 343 g/mol. The highest BCUT2D eigenvalue weighted by Crippen LogP contribution is 2.17. The molecule has 9 heteroatoms. The summed E-state index contributed by atoms with van der Waals surface area (Å²) < 4.78 is 4.35. The van der Waals surface area contributed by atoms with Gasteiger partial charge >= 0.3 is 5.69 Å². The molecular formula is C16H21N7O2. The molecular weight excluding hydrogens is 322 g/mol. The smallest absolute Gasteiger partial charge is 0.332 e. The zero-order chi connectivity index (χ0) is 18.1. The SMILES string of the molecule is Cn1ccnc1CN1CCN(c2c(C#N)c(=O)n(C)c(=O)n2C)CC1. The van der Waals surface area contributed by atoms with Crippen LogP contribution in [0.15, 0.2) is 22.0 Å². The predicted molar refractivity (Wildman–Crippen MR) is 92.3 cm³/mol. The molecule has 25 heavy (non-hydrogen) atoms. The van der Waals surface area contributed by atoms with Crippen LogP contribution in [0, 0.1) is 11.3 Å². The Kier molecular flexibility index (Phi) is 4.46. The summed E-state index contributed by atoms with van der Waals surface area (Å²) in [6, 6.07) is 1.96. The molecule has 0 atom stereocenters. The molecule has 0 N–H and O–H groups in total. The Balaban J connectivity index is 1.82. The van der Waals surface area contributed by atoms with Gasteiger partial charge in [0.1, 0.15) is 17.7 Å². The predicted octanol–water partition coefficient (Wildman–Crippen LogP) is -0.989. The van der Waals surface area contributed by atoms with E-state index in [-0.39, 0.29) is 5.56 Å². The van der Waals surface area contributed by atoms with Crippen molar-refractivity contribution in [1.82, 2.24) is 23.6 Å². The molecule has 2 aromatic heterocycles. The van der Waals surface area contributed by atoms with E-state index in [0.29, 0.717) is 18.9 Å². The van der Waals surface area contributed by atoms with Gasteiger partial charge in [-0.2, -0.15) is 5.26 Å². The van der Waals surface area contributed by atoms with Gasteiger partial charge in [0, 0.05) is 59.7 Å². The van der Waals surface area contributed by atoms with Gasteiger partial charge in [-0.25, -0.2) is 9.78 Å². The minimum Gasteiger partial charge on any atom is -0.354 e. The van der Waals surface area contributed by atoms with E-state index in [1.165, 1.54) is 11.6 Å². The molecule has 0 saturated carbocycles. The van der Waals surface area contributed by atoms with Crippen molar-refractivity contribution in [3.63, 3.8) is 0 Å². The molecule has 0 aliphatic carbocycles. The lowest BCUT2D eigenvalue weighted by Crippen LogP contribution is -2.50. The first-order valence-corrected chi connectivity index (χ1v) is 8.07. The van der Waals surface area contributed by atoms with Gasteiger partial charge in [0.15, 0.2) is 5.56 Å². The molecule has 9 nitrogen and oxygen atoms in total. The van der Waals surface area contributed by atoms with Gasteiger partial charge in [0.05, 0.1) is 6.54 Å². The van der Waals surface area contributed by atoms with Gasteiger partial charge in [-0.1, -0.05) is 0 Å². The third-order valence-corrected chi connectivity index (χ3v) is 4.70. The van der Waals surface area contributed by atoms with Crippen LogP contribution in [0.1, 0.15) is 11.4 Å². The summed E-state index contributed by atoms with van der Waals surface area (Å²) in [5.74, 6) is 1.40. The number of aryl methyl sites for hydroxylation is 1. The summed E-state index contributed by atoms with van der Waals surface area (Å²) in [6.45, 7) is 3.55. The second-order valence-corrected chi connectivity index (χ2v) is 6.23. The third kappa shape index (κ3) is 2.96. The lowest BCUT2D eigenvalue weighted by Gasteiger charge is -2.36. The zero-order valence-electron chi connectivity index (χ0n) is 14.6. The fourth-order valence-electron chi connectivity index (χ4n) is 3.17. The number of hydrogen-bond donors (Lipinski definition) is 0. The van der Waals surface area contributed by atoms with Crippen molar-refractivity contribution in [3.05, 3.63) is 44.6 Å². The fraction of sp³-hybridized carbons (Fsp3) is 0.500. The molecule has 3 rings (SSSR count). The summed E-state index contributed by atoms with van der Waals surface area (Å²) in [5, 5.41) is 9.40. The molecule has 0 bridgehead atoms. The minimum absolute atomic E-state index is 0.0159. The van der Waals surface area contributed by atoms with Crippen LogP contribution >= 0.6 is 0 Å². The summed E-state index contributed by atoms with van der Waals surface area (Å²) in [7, 11) is 4.95. The molecule has 3 heterocycles. The lowest BCUT2D eigenvalue weighted by atomic mass is 10.2. The van der Waals surface area contributed by atoms with E-state index in [0.717, 1.165) is 30.0 Å². The molecule has 0 unspecified atom stereocenters. The molecule has 0 radical (unpaired) electrons. The fourth-order valence-corrected chi connectivity index (χ4v) is 3.17. The quantitative estimate of drug-likeness (QED) is 0.711. The van der Waals surface area contributed by atoms with Gasteiger partial charge in [-0.05, 0) is 0 Å². The number of nitrogens with zero attached hydrogens (tertiary/aromatic N) is 7. The molecule has 0 aromatic carbocycles. The van der Waals surface area contributed by atoms with Crippen molar-refractivity contribution in [2.75, 3.05) is 31.1 Å². The standard InChI is InChI=1S/C16H21N7O2/c1-19-5-4-18-13(19)11-22-6-8-23(9-7-22)14-12(10-17)15(24)21(3)16(25)20(14)2/h4-5H,6-9,11H2,1-3H3. The average Bonchev–Trinajstić information content (AvgIpc) is 3.02. The van der Waals surface area contributed by atoms with Crippen molar-refractivity contribution in [2.24, 2.45) is 21.1 Å². The Hall–Kier alpha value is -2.86. The van der Waals surface area contributed by atoms with Crippen LogP contribution in [0.2, 0.25) is 0 Å². The largest absolute Gasteiger partial charge is 0.354 e. The van der Waals surface area contributed by atoms with Gasteiger partial charge in [-0.15, -0.1) is 0 Å². The second-order valence-electron chi connectivity index (χ2n) is 6.23. The van der Waals surface area contributed by atoms with Crippen LogP contribution in [0.25, 0.3) is 0 Å². The van der Waals surface area contributed by atoms with Gasteiger partial charge < -0.3 is 9.47 Å². The van der Waals surface area contributed by atoms with Crippen molar-refractivity contribution in [1.29, 1.82) is 5.26 Å².